The van der Waals surface area contributed by atoms with Crippen LogP contribution in [0.2, 0.25) is 0 Å². The van der Waals surface area contributed by atoms with Crippen molar-refractivity contribution in [3.05, 3.63) is 46.3 Å². The molecule has 1 aromatic heterocycles. The van der Waals surface area contributed by atoms with E-state index in [1.54, 1.807) is 13.0 Å². The summed E-state index contributed by atoms with van der Waals surface area (Å²) in [4.78, 5) is 24.7. The highest BCUT2D eigenvalue weighted by Gasteiger charge is 2.22. The molecular weight excluding hydrogens is 384 g/mol. The first kappa shape index (κ1) is 21.7. The Morgan fingerprint density at radius 3 is 2.67 bits per heavy atom. The van der Waals surface area contributed by atoms with Crippen molar-refractivity contribution < 1.29 is 23.8 Å². The molecule has 0 bridgehead atoms. The van der Waals surface area contributed by atoms with Gasteiger partial charge in [0.05, 0.1) is 18.8 Å². The molecule has 1 atom stereocenters. The van der Waals surface area contributed by atoms with Crippen LogP contribution in [0.5, 0.6) is 11.5 Å². The van der Waals surface area contributed by atoms with Crippen LogP contribution in [-0.4, -0.2) is 35.8 Å². The monoisotopic (exact) mass is 414 g/mol. The molecule has 1 aliphatic rings. The molecule has 0 unspecified atom stereocenters. The SMILES string of the molecule is CCOC(=O)c1cc(C)n(CC(=O)NCc2cc3c(cc2OCC)C[C@H](C)O3)c1C. The van der Waals surface area contributed by atoms with Gasteiger partial charge >= 0.3 is 5.97 Å². The summed E-state index contributed by atoms with van der Waals surface area (Å²) in [6.07, 6.45) is 1.00. The maximum Gasteiger partial charge on any atom is 0.339 e. The van der Waals surface area contributed by atoms with Crippen LogP contribution in [0.4, 0.5) is 0 Å². The van der Waals surface area contributed by atoms with Crippen LogP contribution in [0.1, 0.15) is 53.6 Å². The van der Waals surface area contributed by atoms with Crippen LogP contribution < -0.4 is 14.8 Å². The topological polar surface area (TPSA) is 78.8 Å². The second-order valence-electron chi connectivity index (χ2n) is 7.50. The summed E-state index contributed by atoms with van der Waals surface area (Å²) >= 11 is 0. The molecule has 1 amide bonds. The molecule has 0 saturated heterocycles. The molecule has 0 spiro atoms. The van der Waals surface area contributed by atoms with Gasteiger partial charge in [0.15, 0.2) is 0 Å². The number of amides is 1. The molecule has 1 aromatic carbocycles. The fraction of sp³-hybridized carbons (Fsp3) is 0.478. The predicted octanol–water partition coefficient (Wildman–Crippen LogP) is 3.32. The lowest BCUT2D eigenvalue weighted by Crippen LogP contribution is -2.28. The van der Waals surface area contributed by atoms with Crippen molar-refractivity contribution in [1.82, 2.24) is 9.88 Å². The van der Waals surface area contributed by atoms with Gasteiger partial charge in [0.2, 0.25) is 5.91 Å². The van der Waals surface area contributed by atoms with Crippen molar-refractivity contribution in [2.75, 3.05) is 13.2 Å². The average Bonchev–Trinajstić information content (AvgIpc) is 3.19. The number of rotatable bonds is 8. The molecule has 0 saturated carbocycles. The van der Waals surface area contributed by atoms with Crippen LogP contribution in [0.15, 0.2) is 18.2 Å². The minimum Gasteiger partial charge on any atom is -0.494 e. The van der Waals surface area contributed by atoms with Gasteiger partial charge < -0.3 is 24.1 Å². The average molecular weight is 415 g/mol. The van der Waals surface area contributed by atoms with Gasteiger partial charge in [-0.15, -0.1) is 0 Å². The number of carbonyl (C=O) groups excluding carboxylic acids is 2. The van der Waals surface area contributed by atoms with Gasteiger partial charge in [0.25, 0.3) is 0 Å². The molecule has 2 heterocycles. The molecule has 3 rings (SSSR count). The Hall–Kier alpha value is -2.96. The zero-order valence-corrected chi connectivity index (χ0v) is 18.3. The van der Waals surface area contributed by atoms with E-state index in [0.29, 0.717) is 25.3 Å². The third-order valence-electron chi connectivity index (χ3n) is 5.23. The second-order valence-corrected chi connectivity index (χ2v) is 7.50. The normalized spacial score (nSPS) is 14.8. The highest BCUT2D eigenvalue weighted by atomic mass is 16.5. The predicted molar refractivity (Wildman–Crippen MR) is 113 cm³/mol. The molecule has 1 aliphatic heterocycles. The lowest BCUT2D eigenvalue weighted by Gasteiger charge is -2.14. The maximum absolute atomic E-state index is 12.6. The molecule has 0 fully saturated rings. The number of ether oxygens (including phenoxy) is 3. The Morgan fingerprint density at radius 1 is 1.20 bits per heavy atom. The largest absolute Gasteiger partial charge is 0.494 e. The third kappa shape index (κ3) is 4.61. The zero-order chi connectivity index (χ0) is 21.8. The summed E-state index contributed by atoms with van der Waals surface area (Å²) in [5.41, 5.74) is 4.06. The Morgan fingerprint density at radius 2 is 1.97 bits per heavy atom. The standard InChI is InChI=1S/C23H30N2O5/c1-6-28-20-10-17-9-15(4)30-21(17)11-18(20)12-24-22(26)13-25-14(3)8-19(16(25)5)23(27)29-7-2/h8,10-11,15H,6-7,9,12-13H2,1-5H3,(H,24,26)/t15-/m0/s1. The summed E-state index contributed by atoms with van der Waals surface area (Å²) in [6, 6.07) is 5.72. The van der Waals surface area contributed by atoms with E-state index >= 15 is 0 Å². The first-order chi connectivity index (χ1) is 14.3. The lowest BCUT2D eigenvalue weighted by molar-refractivity contribution is -0.121. The molecular formula is C23H30N2O5. The number of carbonyl (C=O) groups is 2. The highest BCUT2D eigenvalue weighted by Crippen LogP contribution is 2.35. The van der Waals surface area contributed by atoms with Gasteiger partial charge in [0.1, 0.15) is 24.1 Å². The summed E-state index contributed by atoms with van der Waals surface area (Å²) in [5, 5.41) is 2.96. The number of nitrogens with zero attached hydrogens (tertiary/aromatic N) is 1. The Bertz CT molecular complexity index is 948. The molecule has 2 aromatic rings. The fourth-order valence-corrected chi connectivity index (χ4v) is 3.76. The van der Waals surface area contributed by atoms with Gasteiger partial charge in [0, 0.05) is 35.5 Å². The summed E-state index contributed by atoms with van der Waals surface area (Å²) in [6.45, 7) is 10.8. The van der Waals surface area contributed by atoms with E-state index in [0.717, 1.165) is 40.4 Å². The van der Waals surface area contributed by atoms with Crippen molar-refractivity contribution >= 4 is 11.9 Å². The van der Waals surface area contributed by atoms with Gasteiger partial charge in [-0.1, -0.05) is 0 Å². The maximum atomic E-state index is 12.6. The van der Waals surface area contributed by atoms with Gasteiger partial charge in [-0.05, 0) is 52.8 Å². The minimum absolute atomic E-state index is 0.125. The van der Waals surface area contributed by atoms with E-state index in [1.165, 1.54) is 0 Å². The number of aryl methyl sites for hydroxylation is 1. The van der Waals surface area contributed by atoms with E-state index in [1.807, 2.05) is 44.4 Å². The molecule has 7 nitrogen and oxygen atoms in total. The zero-order valence-electron chi connectivity index (χ0n) is 18.3. The first-order valence-corrected chi connectivity index (χ1v) is 10.4. The van der Waals surface area contributed by atoms with Gasteiger partial charge in [-0.25, -0.2) is 4.79 Å². The number of benzene rings is 1. The van der Waals surface area contributed by atoms with Crippen molar-refractivity contribution in [1.29, 1.82) is 0 Å². The van der Waals surface area contributed by atoms with Crippen molar-refractivity contribution in [2.24, 2.45) is 0 Å². The smallest absolute Gasteiger partial charge is 0.339 e. The number of esters is 1. The van der Waals surface area contributed by atoms with Crippen molar-refractivity contribution in [2.45, 2.75) is 60.2 Å². The first-order valence-electron chi connectivity index (χ1n) is 10.4. The molecule has 7 heteroatoms. The van der Waals surface area contributed by atoms with Gasteiger partial charge in [-0.2, -0.15) is 0 Å². The van der Waals surface area contributed by atoms with Crippen LogP contribution in [0.3, 0.4) is 0 Å². The molecule has 1 N–H and O–H groups in total. The highest BCUT2D eigenvalue weighted by molar-refractivity contribution is 5.91. The lowest BCUT2D eigenvalue weighted by atomic mass is 10.1. The quantitative estimate of drug-likeness (QED) is 0.671. The Kier molecular flexibility index (Phi) is 6.70. The second kappa shape index (κ2) is 9.24. The fourth-order valence-electron chi connectivity index (χ4n) is 3.76. The number of fused-ring (bicyclic) bond motifs is 1. The number of aromatic nitrogens is 1. The Labute approximate surface area is 177 Å². The van der Waals surface area contributed by atoms with E-state index in [2.05, 4.69) is 5.32 Å². The number of hydrogen-bond donors (Lipinski definition) is 1. The van der Waals surface area contributed by atoms with Crippen molar-refractivity contribution in [3.8, 4) is 11.5 Å². The Balaban J connectivity index is 1.70. The van der Waals surface area contributed by atoms with Crippen LogP contribution >= 0.6 is 0 Å². The number of nitrogens with one attached hydrogen (secondary N) is 1. The summed E-state index contributed by atoms with van der Waals surface area (Å²) in [7, 11) is 0. The van der Waals surface area contributed by atoms with Crippen molar-refractivity contribution in [3.63, 3.8) is 0 Å². The van der Waals surface area contributed by atoms with E-state index in [4.69, 9.17) is 14.2 Å². The summed E-state index contributed by atoms with van der Waals surface area (Å²) in [5.74, 6) is 1.11. The molecule has 162 valence electrons. The third-order valence-corrected chi connectivity index (χ3v) is 5.23. The van der Waals surface area contributed by atoms with Crippen LogP contribution in [0.25, 0.3) is 0 Å². The summed E-state index contributed by atoms with van der Waals surface area (Å²) < 4.78 is 18.5. The van der Waals surface area contributed by atoms with Crippen LogP contribution in [0, 0.1) is 13.8 Å². The molecule has 30 heavy (non-hydrogen) atoms. The van der Waals surface area contributed by atoms with E-state index in [-0.39, 0.29) is 24.5 Å². The minimum atomic E-state index is -0.369. The van der Waals surface area contributed by atoms with E-state index < -0.39 is 0 Å². The molecule has 0 radical (unpaired) electrons. The molecule has 0 aliphatic carbocycles. The van der Waals surface area contributed by atoms with E-state index in [9.17, 15) is 9.59 Å². The van der Waals surface area contributed by atoms with Gasteiger partial charge in [-0.3, -0.25) is 4.79 Å². The van der Waals surface area contributed by atoms with Crippen LogP contribution in [-0.2, 0) is 29.0 Å². The number of hydrogen-bond acceptors (Lipinski definition) is 5.